The van der Waals surface area contributed by atoms with E-state index in [0.29, 0.717) is 74.7 Å². The molecule has 1 unspecified atom stereocenters. The first kappa shape index (κ1) is 64.3. The Balaban J connectivity index is 1.05. The minimum atomic E-state index is -4.37. The number of hydrogen-bond acceptors (Lipinski definition) is 13. The van der Waals surface area contributed by atoms with Crippen LogP contribution in [0.1, 0.15) is 123 Å². The van der Waals surface area contributed by atoms with Crippen molar-refractivity contribution < 1.29 is 65.8 Å². The van der Waals surface area contributed by atoms with Gasteiger partial charge in [-0.05, 0) is 98.4 Å². The maximum atomic E-state index is 14.5. The van der Waals surface area contributed by atoms with Crippen LogP contribution in [0.2, 0.25) is 0 Å². The Morgan fingerprint density at radius 1 is 0.481 bits per heavy atom. The Morgan fingerprint density at radius 3 is 1.52 bits per heavy atom. The summed E-state index contributed by atoms with van der Waals surface area (Å²) in [5.41, 5.74) is 3.22. The summed E-state index contributed by atoms with van der Waals surface area (Å²) in [6.07, 6.45) is 4.22. The van der Waals surface area contributed by atoms with E-state index in [1.54, 1.807) is 91.9 Å². The summed E-state index contributed by atoms with van der Waals surface area (Å²) in [4.78, 5) is 91.1. The van der Waals surface area contributed by atoms with E-state index in [4.69, 9.17) is 23.3 Å². The molecule has 4 atom stereocenters. The smallest absolute Gasteiger partial charge is 0.406 e. The lowest BCUT2D eigenvalue weighted by Crippen LogP contribution is -2.43. The van der Waals surface area contributed by atoms with Gasteiger partial charge in [-0.15, -0.1) is 0 Å². The van der Waals surface area contributed by atoms with Gasteiger partial charge in [-0.25, -0.2) is 18.8 Å². The number of rotatable bonds is 38. The van der Waals surface area contributed by atoms with Crippen LogP contribution in [0.25, 0.3) is 0 Å². The van der Waals surface area contributed by atoms with Gasteiger partial charge in [-0.1, -0.05) is 134 Å². The lowest BCUT2D eigenvalue weighted by molar-refractivity contribution is -0.153. The van der Waals surface area contributed by atoms with Crippen LogP contribution in [0.3, 0.4) is 0 Å². The van der Waals surface area contributed by atoms with E-state index in [0.717, 1.165) is 17.5 Å². The molecule has 0 aromatic heterocycles. The standard InChI is InChI=1S/C61H75FN5O13P/c1-46(21-20-40-79-81(75,80-45-50-28-14-5-15-29-50)67-54(61(74)78-44-49-26-12-4-13-27-49)41-58(71)76-42-47-22-8-2-9-23-47)65-57(70)37-36-53(60(73)77-43-48-24-10-3-11-25-48)66-56(69)31-17-7-18-38-63-55(68)30-16-6-19-39-64-59(72)51-32-34-52(62)35-33-51/h2-5,8-15,22-29,32-35,46,53-54H,6-7,16-21,30-31,36-45H2,1H3,(H,63,68)(H,64,72)(H,65,70)(H,66,69)(H,67,75)/t46-,53+,54+,81?/m1/s1. The number of amides is 4. The largest absolute Gasteiger partial charge is 0.461 e. The van der Waals surface area contributed by atoms with E-state index in [-0.39, 0.29) is 82.3 Å². The molecule has 0 aliphatic carbocycles. The maximum Gasteiger partial charge on any atom is 0.406 e. The van der Waals surface area contributed by atoms with Crippen molar-refractivity contribution in [3.8, 4) is 0 Å². The van der Waals surface area contributed by atoms with E-state index in [1.807, 2.05) is 36.4 Å². The third kappa shape index (κ3) is 27.0. The van der Waals surface area contributed by atoms with Crippen LogP contribution in [0.5, 0.6) is 0 Å². The molecule has 5 aromatic rings. The minimum Gasteiger partial charge on any atom is -0.461 e. The van der Waals surface area contributed by atoms with Crippen LogP contribution in [0, 0.1) is 5.82 Å². The van der Waals surface area contributed by atoms with Crippen LogP contribution in [0.4, 0.5) is 4.39 Å². The summed E-state index contributed by atoms with van der Waals surface area (Å²) in [7, 11) is -4.37. The van der Waals surface area contributed by atoms with Crippen LogP contribution < -0.4 is 26.4 Å². The highest BCUT2D eigenvalue weighted by molar-refractivity contribution is 7.51. The van der Waals surface area contributed by atoms with Gasteiger partial charge in [0, 0.05) is 44.0 Å². The lowest BCUT2D eigenvalue weighted by Gasteiger charge is -2.24. The zero-order valence-corrected chi connectivity index (χ0v) is 46.8. The molecule has 20 heteroatoms. The summed E-state index contributed by atoms with van der Waals surface area (Å²) >= 11 is 0. The summed E-state index contributed by atoms with van der Waals surface area (Å²) in [6.45, 7) is 2.14. The van der Waals surface area contributed by atoms with Crippen LogP contribution in [0.15, 0.2) is 146 Å². The SMILES string of the molecule is C[C@H](CCCOP(=O)(N[C@@H](CC(=O)OCc1ccccc1)C(=O)OCc1ccccc1)OCc1ccccc1)NC(=O)CC[C@H](NC(=O)CCCCCNC(=O)CCCCCNC(=O)c1ccc(F)cc1)C(=O)OCc1ccccc1. The molecular weight excluding hydrogens is 1060 g/mol. The molecule has 81 heavy (non-hydrogen) atoms. The molecule has 4 amide bonds. The van der Waals surface area contributed by atoms with Gasteiger partial charge in [0.2, 0.25) is 17.7 Å². The van der Waals surface area contributed by atoms with E-state index in [9.17, 15) is 42.5 Å². The van der Waals surface area contributed by atoms with Crippen molar-refractivity contribution in [2.24, 2.45) is 0 Å². The van der Waals surface area contributed by atoms with Gasteiger partial charge in [0.1, 0.15) is 37.7 Å². The van der Waals surface area contributed by atoms with Gasteiger partial charge in [0.05, 0.1) is 19.6 Å². The molecule has 5 rings (SSSR count). The van der Waals surface area contributed by atoms with Crippen molar-refractivity contribution in [2.75, 3.05) is 19.7 Å². The molecule has 0 aliphatic rings. The minimum absolute atomic E-state index is 0.0276. The zero-order chi connectivity index (χ0) is 57.9. The normalized spacial score (nSPS) is 12.8. The van der Waals surface area contributed by atoms with Crippen molar-refractivity contribution in [3.63, 3.8) is 0 Å². The average Bonchev–Trinajstić information content (AvgIpc) is 3.49. The molecule has 434 valence electrons. The Kier molecular flexibility index (Phi) is 29.1. The Bertz CT molecular complexity index is 2750. The number of esters is 3. The lowest BCUT2D eigenvalue weighted by atomic mass is 10.1. The second-order valence-corrected chi connectivity index (χ2v) is 21.1. The molecule has 0 saturated heterocycles. The molecular formula is C61H75FN5O13P. The number of hydrogen-bond donors (Lipinski definition) is 5. The molecule has 0 spiro atoms. The predicted molar refractivity (Wildman–Crippen MR) is 302 cm³/mol. The number of halogens is 1. The highest BCUT2D eigenvalue weighted by Gasteiger charge is 2.35. The van der Waals surface area contributed by atoms with Gasteiger partial charge >= 0.3 is 25.7 Å². The zero-order valence-electron chi connectivity index (χ0n) is 45.9. The van der Waals surface area contributed by atoms with Crippen molar-refractivity contribution in [2.45, 2.75) is 135 Å². The summed E-state index contributed by atoms with van der Waals surface area (Å²) in [5, 5.41) is 14.0. The quantitative estimate of drug-likeness (QED) is 0.0107. The first-order valence-electron chi connectivity index (χ1n) is 27.4. The van der Waals surface area contributed by atoms with Gasteiger partial charge < -0.3 is 35.5 Å². The molecule has 0 radical (unpaired) electrons. The maximum absolute atomic E-state index is 14.5. The fraction of sp³-hybridized carbons (Fsp3) is 0.393. The second kappa shape index (κ2) is 36.6. The highest BCUT2D eigenvalue weighted by atomic mass is 31.2. The van der Waals surface area contributed by atoms with Crippen molar-refractivity contribution in [1.82, 2.24) is 26.4 Å². The van der Waals surface area contributed by atoms with Gasteiger partial charge in [-0.3, -0.25) is 37.8 Å². The first-order chi connectivity index (χ1) is 39.2. The number of benzene rings is 5. The van der Waals surface area contributed by atoms with Crippen molar-refractivity contribution in [1.29, 1.82) is 0 Å². The fourth-order valence-corrected chi connectivity index (χ4v) is 9.51. The molecule has 0 fully saturated rings. The Hall–Kier alpha value is -7.57. The summed E-state index contributed by atoms with van der Waals surface area (Å²) in [6, 6.07) is 38.2. The van der Waals surface area contributed by atoms with Crippen molar-refractivity contribution in [3.05, 3.63) is 179 Å². The Morgan fingerprint density at radius 2 is 0.963 bits per heavy atom. The van der Waals surface area contributed by atoms with Crippen LogP contribution >= 0.6 is 7.75 Å². The third-order valence-electron chi connectivity index (χ3n) is 12.5. The number of nitrogens with one attached hydrogen (secondary N) is 5. The highest BCUT2D eigenvalue weighted by Crippen LogP contribution is 2.46. The number of carbonyl (C=O) groups excluding carboxylic acids is 7. The van der Waals surface area contributed by atoms with E-state index in [2.05, 4.69) is 26.4 Å². The molecule has 5 N–H and O–H groups in total. The molecule has 0 aliphatic heterocycles. The monoisotopic (exact) mass is 1140 g/mol. The van der Waals surface area contributed by atoms with Crippen LogP contribution in [-0.2, 0) is 83.0 Å². The molecule has 18 nitrogen and oxygen atoms in total. The number of ether oxygens (including phenoxy) is 3. The van der Waals surface area contributed by atoms with Gasteiger partial charge in [0.15, 0.2) is 0 Å². The van der Waals surface area contributed by atoms with Crippen LogP contribution in [-0.4, -0.2) is 79.4 Å². The molecule has 0 bridgehead atoms. The average molecular weight is 1140 g/mol. The molecule has 0 saturated carbocycles. The fourth-order valence-electron chi connectivity index (χ4n) is 8.02. The number of carbonyl (C=O) groups is 7. The summed E-state index contributed by atoms with van der Waals surface area (Å²) in [5.74, 6) is -3.88. The summed E-state index contributed by atoms with van der Waals surface area (Å²) < 4.78 is 55.9. The van der Waals surface area contributed by atoms with Gasteiger partial charge in [0.25, 0.3) is 5.91 Å². The van der Waals surface area contributed by atoms with E-state index < -0.39 is 56.0 Å². The molecule has 0 heterocycles. The topological polar surface area (TPSA) is 243 Å². The van der Waals surface area contributed by atoms with Crippen molar-refractivity contribution >= 4 is 49.3 Å². The van der Waals surface area contributed by atoms with E-state index in [1.165, 1.54) is 24.3 Å². The first-order valence-corrected chi connectivity index (χ1v) is 29.0. The predicted octanol–water partition coefficient (Wildman–Crippen LogP) is 9.26. The number of unbranched alkanes of at least 4 members (excludes halogenated alkanes) is 4. The third-order valence-corrected chi connectivity index (χ3v) is 14.1. The molecule has 5 aromatic carbocycles. The Labute approximate surface area is 473 Å². The van der Waals surface area contributed by atoms with E-state index >= 15 is 0 Å². The second-order valence-electron chi connectivity index (χ2n) is 19.3. The van der Waals surface area contributed by atoms with Gasteiger partial charge in [-0.2, -0.15) is 0 Å².